The first kappa shape index (κ1) is 14.4. The molecule has 106 valence electrons. The Bertz CT molecular complexity index is 262. The third kappa shape index (κ3) is 2.76. The standard InChI is InChI=1S/C17H32O/c1-4-5-6-7-14-8-9-15-12-16(18)10-11-17(15,3)13(14)2/h13-16,18H,4-12H2,1-3H3/t13?,14?,15-,16-,17?/m0/s1. The Labute approximate surface area is 113 Å². The fraction of sp³-hybridized carbons (Fsp3) is 1.00. The van der Waals surface area contributed by atoms with Crippen LogP contribution in [0.4, 0.5) is 0 Å². The van der Waals surface area contributed by atoms with Gasteiger partial charge in [0.1, 0.15) is 0 Å². The number of hydrogen-bond acceptors (Lipinski definition) is 1. The van der Waals surface area contributed by atoms with Gasteiger partial charge in [0.2, 0.25) is 0 Å². The van der Waals surface area contributed by atoms with Crippen LogP contribution in [-0.2, 0) is 0 Å². The van der Waals surface area contributed by atoms with Crippen molar-refractivity contribution in [2.75, 3.05) is 0 Å². The highest BCUT2D eigenvalue weighted by atomic mass is 16.3. The summed E-state index contributed by atoms with van der Waals surface area (Å²) in [6, 6.07) is 0. The summed E-state index contributed by atoms with van der Waals surface area (Å²) in [6.07, 6.45) is 11.8. The van der Waals surface area contributed by atoms with E-state index in [0.717, 1.165) is 30.6 Å². The van der Waals surface area contributed by atoms with Crippen LogP contribution < -0.4 is 0 Å². The smallest absolute Gasteiger partial charge is 0.0543 e. The molecule has 2 saturated carbocycles. The van der Waals surface area contributed by atoms with Crippen molar-refractivity contribution < 1.29 is 5.11 Å². The summed E-state index contributed by atoms with van der Waals surface area (Å²) in [5, 5.41) is 9.89. The highest BCUT2D eigenvalue weighted by Gasteiger charge is 2.48. The first-order valence-corrected chi connectivity index (χ1v) is 8.26. The van der Waals surface area contributed by atoms with Gasteiger partial charge in [0.15, 0.2) is 0 Å². The molecule has 0 spiro atoms. The largest absolute Gasteiger partial charge is 0.393 e. The Morgan fingerprint density at radius 2 is 1.94 bits per heavy atom. The lowest BCUT2D eigenvalue weighted by Crippen LogP contribution is -2.46. The maximum atomic E-state index is 9.89. The van der Waals surface area contributed by atoms with Gasteiger partial charge in [-0.2, -0.15) is 0 Å². The Kier molecular flexibility index (Phi) is 4.75. The monoisotopic (exact) mass is 252 g/mol. The molecule has 0 heterocycles. The van der Waals surface area contributed by atoms with Gasteiger partial charge in [-0.1, -0.05) is 46.5 Å². The summed E-state index contributed by atoms with van der Waals surface area (Å²) in [6.45, 7) is 7.31. The van der Waals surface area contributed by atoms with Crippen LogP contribution in [0.15, 0.2) is 0 Å². The molecular formula is C17H32O. The van der Waals surface area contributed by atoms with Gasteiger partial charge in [-0.25, -0.2) is 0 Å². The fourth-order valence-electron chi connectivity index (χ4n) is 4.70. The van der Waals surface area contributed by atoms with E-state index in [0.29, 0.717) is 5.41 Å². The van der Waals surface area contributed by atoms with E-state index in [4.69, 9.17) is 0 Å². The summed E-state index contributed by atoms with van der Waals surface area (Å²) < 4.78 is 0. The van der Waals surface area contributed by atoms with Crippen LogP contribution in [0, 0.1) is 23.2 Å². The molecule has 3 unspecified atom stereocenters. The zero-order valence-electron chi connectivity index (χ0n) is 12.6. The van der Waals surface area contributed by atoms with Crippen LogP contribution in [0.1, 0.15) is 78.6 Å². The Balaban J connectivity index is 1.96. The predicted octanol–water partition coefficient (Wildman–Crippen LogP) is 4.78. The highest BCUT2D eigenvalue weighted by Crippen LogP contribution is 2.55. The van der Waals surface area contributed by atoms with Crippen LogP contribution in [0.5, 0.6) is 0 Å². The van der Waals surface area contributed by atoms with Gasteiger partial charge in [-0.3, -0.25) is 0 Å². The Morgan fingerprint density at radius 3 is 2.67 bits per heavy atom. The molecule has 0 saturated heterocycles. The van der Waals surface area contributed by atoms with E-state index in [2.05, 4.69) is 20.8 Å². The number of aliphatic hydroxyl groups is 1. The molecule has 18 heavy (non-hydrogen) atoms. The molecule has 1 nitrogen and oxygen atoms in total. The van der Waals surface area contributed by atoms with Crippen LogP contribution in [-0.4, -0.2) is 11.2 Å². The van der Waals surface area contributed by atoms with Crippen LogP contribution in [0.25, 0.3) is 0 Å². The average molecular weight is 252 g/mol. The molecule has 0 aromatic heterocycles. The summed E-state index contributed by atoms with van der Waals surface area (Å²) >= 11 is 0. The molecule has 5 atom stereocenters. The van der Waals surface area contributed by atoms with E-state index in [1.165, 1.54) is 44.9 Å². The maximum absolute atomic E-state index is 9.89. The minimum absolute atomic E-state index is 0.00748. The van der Waals surface area contributed by atoms with Crippen molar-refractivity contribution in [1.29, 1.82) is 0 Å². The van der Waals surface area contributed by atoms with Crippen molar-refractivity contribution in [3.05, 3.63) is 0 Å². The second-order valence-corrected chi connectivity index (χ2v) is 7.25. The molecular weight excluding hydrogens is 220 g/mol. The third-order valence-corrected chi connectivity index (χ3v) is 6.32. The lowest BCUT2D eigenvalue weighted by Gasteiger charge is -2.53. The molecule has 2 aliphatic carbocycles. The van der Waals surface area contributed by atoms with Gasteiger partial charge in [0.05, 0.1) is 6.10 Å². The second-order valence-electron chi connectivity index (χ2n) is 7.25. The van der Waals surface area contributed by atoms with E-state index in [1.54, 1.807) is 0 Å². The van der Waals surface area contributed by atoms with E-state index < -0.39 is 0 Å². The predicted molar refractivity (Wildman–Crippen MR) is 77.5 cm³/mol. The average Bonchev–Trinajstić information content (AvgIpc) is 2.35. The van der Waals surface area contributed by atoms with Gasteiger partial charge < -0.3 is 5.11 Å². The van der Waals surface area contributed by atoms with E-state index in [9.17, 15) is 5.11 Å². The molecule has 0 radical (unpaired) electrons. The van der Waals surface area contributed by atoms with Crippen LogP contribution in [0.3, 0.4) is 0 Å². The van der Waals surface area contributed by atoms with Crippen molar-refractivity contribution in [2.45, 2.75) is 84.7 Å². The molecule has 0 bridgehead atoms. The Morgan fingerprint density at radius 1 is 1.17 bits per heavy atom. The Hall–Kier alpha value is -0.0400. The lowest BCUT2D eigenvalue weighted by atomic mass is 9.52. The highest BCUT2D eigenvalue weighted by molar-refractivity contribution is 4.97. The van der Waals surface area contributed by atoms with Gasteiger partial charge in [0.25, 0.3) is 0 Å². The summed E-state index contributed by atoms with van der Waals surface area (Å²) in [7, 11) is 0. The first-order chi connectivity index (χ1) is 8.58. The molecule has 0 aromatic rings. The minimum Gasteiger partial charge on any atom is -0.393 e. The van der Waals surface area contributed by atoms with Gasteiger partial charge in [-0.15, -0.1) is 0 Å². The summed E-state index contributed by atoms with van der Waals surface area (Å²) in [4.78, 5) is 0. The number of hydrogen-bond donors (Lipinski definition) is 1. The van der Waals surface area contributed by atoms with Crippen molar-refractivity contribution in [2.24, 2.45) is 23.2 Å². The van der Waals surface area contributed by atoms with Crippen molar-refractivity contribution in [3.63, 3.8) is 0 Å². The SMILES string of the molecule is CCCCCC1CC[C@H]2C[C@@H](O)CCC2(C)C1C. The van der Waals surface area contributed by atoms with Crippen molar-refractivity contribution >= 4 is 0 Å². The molecule has 1 N–H and O–H groups in total. The molecule has 2 rings (SSSR count). The summed E-state index contributed by atoms with van der Waals surface area (Å²) in [5.74, 6) is 2.60. The third-order valence-electron chi connectivity index (χ3n) is 6.32. The molecule has 0 amide bonds. The zero-order chi connectivity index (χ0) is 13.2. The van der Waals surface area contributed by atoms with Crippen molar-refractivity contribution in [3.8, 4) is 0 Å². The summed E-state index contributed by atoms with van der Waals surface area (Å²) in [5.41, 5.74) is 0.522. The number of fused-ring (bicyclic) bond motifs is 1. The fourth-order valence-corrected chi connectivity index (χ4v) is 4.70. The van der Waals surface area contributed by atoms with Gasteiger partial charge in [0, 0.05) is 0 Å². The molecule has 2 aliphatic rings. The van der Waals surface area contributed by atoms with Gasteiger partial charge in [-0.05, 0) is 55.3 Å². The first-order valence-electron chi connectivity index (χ1n) is 8.26. The van der Waals surface area contributed by atoms with Crippen LogP contribution >= 0.6 is 0 Å². The maximum Gasteiger partial charge on any atom is 0.0543 e. The van der Waals surface area contributed by atoms with Crippen molar-refractivity contribution in [1.82, 2.24) is 0 Å². The number of unbranched alkanes of at least 4 members (excludes halogenated alkanes) is 2. The quantitative estimate of drug-likeness (QED) is 0.714. The molecule has 0 aliphatic heterocycles. The van der Waals surface area contributed by atoms with E-state index in [-0.39, 0.29) is 6.10 Å². The van der Waals surface area contributed by atoms with Crippen LogP contribution in [0.2, 0.25) is 0 Å². The number of aliphatic hydroxyl groups excluding tert-OH is 1. The minimum atomic E-state index is -0.00748. The van der Waals surface area contributed by atoms with Gasteiger partial charge >= 0.3 is 0 Å². The normalized spacial score (nSPS) is 44.7. The zero-order valence-corrected chi connectivity index (χ0v) is 12.6. The molecule has 2 fully saturated rings. The molecule has 1 heteroatoms. The lowest BCUT2D eigenvalue weighted by molar-refractivity contribution is -0.0661. The van der Waals surface area contributed by atoms with E-state index >= 15 is 0 Å². The van der Waals surface area contributed by atoms with E-state index in [1.807, 2.05) is 0 Å². The molecule has 0 aromatic carbocycles. The second kappa shape index (κ2) is 5.94. The topological polar surface area (TPSA) is 20.2 Å². The number of rotatable bonds is 4.